The van der Waals surface area contributed by atoms with Gasteiger partial charge in [0, 0.05) is 23.9 Å². The zero-order chi connectivity index (χ0) is 14.4. The molecule has 0 saturated carbocycles. The molecule has 0 bridgehead atoms. The third-order valence-electron chi connectivity index (χ3n) is 2.82. The summed E-state index contributed by atoms with van der Waals surface area (Å²) in [4.78, 5) is 5.52. The van der Waals surface area contributed by atoms with Crippen molar-refractivity contribution in [3.63, 3.8) is 0 Å². The van der Waals surface area contributed by atoms with Crippen LogP contribution in [0.1, 0.15) is 38.0 Å². The van der Waals surface area contributed by atoms with Gasteiger partial charge >= 0.3 is 0 Å². The third kappa shape index (κ3) is 4.65. The van der Waals surface area contributed by atoms with Gasteiger partial charge in [-0.05, 0) is 17.7 Å². The molecule has 4 nitrogen and oxygen atoms in total. The van der Waals surface area contributed by atoms with Crippen LogP contribution < -0.4 is 5.32 Å². The van der Waals surface area contributed by atoms with Crippen molar-refractivity contribution < 1.29 is 4.52 Å². The molecular weight excluding hydrogens is 270 g/mol. The van der Waals surface area contributed by atoms with E-state index in [0.717, 1.165) is 24.5 Å². The largest absolute Gasteiger partial charge is 0.339 e. The highest BCUT2D eigenvalue weighted by Gasteiger charge is 2.05. The van der Waals surface area contributed by atoms with Crippen molar-refractivity contribution in [2.75, 3.05) is 0 Å². The first-order chi connectivity index (χ1) is 9.67. The van der Waals surface area contributed by atoms with Crippen LogP contribution in [0.3, 0.4) is 0 Å². The second kappa shape index (κ2) is 7.45. The number of benzene rings is 1. The number of aryl methyl sites for hydroxylation is 1. The summed E-state index contributed by atoms with van der Waals surface area (Å²) in [7, 11) is 0. The molecule has 0 unspecified atom stereocenters. The highest BCUT2D eigenvalue weighted by Crippen LogP contribution is 2.22. The highest BCUT2D eigenvalue weighted by atomic mass is 32.2. The summed E-state index contributed by atoms with van der Waals surface area (Å²) < 4.78 is 5.09. The number of thioether (sulfide) groups is 1. The molecule has 20 heavy (non-hydrogen) atoms. The smallest absolute Gasteiger partial charge is 0.226 e. The molecule has 0 aliphatic carbocycles. The topological polar surface area (TPSA) is 51.0 Å². The van der Waals surface area contributed by atoms with E-state index < -0.39 is 0 Å². The standard InChI is InChI=1S/C15H21N3OS/c1-4-15-17-14(18-19-15)10-20-13-7-5-12(6-8-13)9-16-11(2)3/h5-8,11,16H,4,9-10H2,1-3H3. The van der Waals surface area contributed by atoms with E-state index in [1.54, 1.807) is 11.8 Å². The Labute approximate surface area is 124 Å². The van der Waals surface area contributed by atoms with Crippen LogP contribution in [-0.4, -0.2) is 16.2 Å². The van der Waals surface area contributed by atoms with Gasteiger partial charge in [-0.3, -0.25) is 0 Å². The van der Waals surface area contributed by atoms with Gasteiger partial charge in [0.15, 0.2) is 5.82 Å². The molecule has 0 spiro atoms. The molecule has 1 aromatic heterocycles. The third-order valence-corrected chi connectivity index (χ3v) is 3.83. The van der Waals surface area contributed by atoms with Gasteiger partial charge in [-0.2, -0.15) is 4.98 Å². The minimum atomic E-state index is 0.509. The van der Waals surface area contributed by atoms with Crippen LogP contribution >= 0.6 is 11.8 Å². The Balaban J connectivity index is 1.84. The van der Waals surface area contributed by atoms with E-state index in [2.05, 4.69) is 53.6 Å². The predicted octanol–water partition coefficient (Wildman–Crippen LogP) is 3.42. The molecule has 1 aromatic carbocycles. The SMILES string of the molecule is CCc1nc(CSc2ccc(CNC(C)C)cc2)no1. The molecule has 5 heteroatoms. The van der Waals surface area contributed by atoms with E-state index in [9.17, 15) is 0 Å². The average Bonchev–Trinajstić information content (AvgIpc) is 2.92. The fourth-order valence-corrected chi connectivity index (χ4v) is 2.41. The summed E-state index contributed by atoms with van der Waals surface area (Å²) in [5.41, 5.74) is 1.30. The summed E-state index contributed by atoms with van der Waals surface area (Å²) in [6.45, 7) is 7.22. The maximum Gasteiger partial charge on any atom is 0.226 e. The van der Waals surface area contributed by atoms with Gasteiger partial charge in [0.05, 0.1) is 5.75 Å². The number of hydrogen-bond donors (Lipinski definition) is 1. The Kier molecular flexibility index (Phi) is 5.61. The summed E-state index contributed by atoms with van der Waals surface area (Å²) in [5, 5.41) is 7.36. The molecule has 1 N–H and O–H groups in total. The van der Waals surface area contributed by atoms with Crippen LogP contribution in [0, 0.1) is 0 Å². The Bertz CT molecular complexity index is 522. The molecule has 0 atom stereocenters. The lowest BCUT2D eigenvalue weighted by molar-refractivity contribution is 0.378. The second-order valence-electron chi connectivity index (χ2n) is 4.93. The number of rotatable bonds is 7. The summed E-state index contributed by atoms with van der Waals surface area (Å²) >= 11 is 1.73. The zero-order valence-electron chi connectivity index (χ0n) is 12.2. The van der Waals surface area contributed by atoms with Gasteiger partial charge in [0.25, 0.3) is 0 Å². The zero-order valence-corrected chi connectivity index (χ0v) is 13.0. The molecule has 1 heterocycles. The predicted molar refractivity (Wildman–Crippen MR) is 81.7 cm³/mol. The summed E-state index contributed by atoms with van der Waals surface area (Å²) in [6.07, 6.45) is 0.787. The van der Waals surface area contributed by atoms with Crippen molar-refractivity contribution in [3.8, 4) is 0 Å². The van der Waals surface area contributed by atoms with E-state index in [0.29, 0.717) is 11.9 Å². The van der Waals surface area contributed by atoms with Gasteiger partial charge in [0.1, 0.15) is 0 Å². The minimum absolute atomic E-state index is 0.509. The van der Waals surface area contributed by atoms with E-state index in [-0.39, 0.29) is 0 Å². The number of hydrogen-bond acceptors (Lipinski definition) is 5. The molecule has 0 radical (unpaired) electrons. The van der Waals surface area contributed by atoms with E-state index in [4.69, 9.17) is 4.52 Å². The molecule has 2 aromatic rings. The van der Waals surface area contributed by atoms with E-state index in [1.165, 1.54) is 10.5 Å². The van der Waals surface area contributed by atoms with Crippen molar-refractivity contribution in [3.05, 3.63) is 41.5 Å². The molecular formula is C15H21N3OS. The van der Waals surface area contributed by atoms with Crippen molar-refractivity contribution in [2.24, 2.45) is 0 Å². The van der Waals surface area contributed by atoms with Crippen LogP contribution in [0.4, 0.5) is 0 Å². The Morgan fingerprint density at radius 3 is 2.60 bits per heavy atom. The Hall–Kier alpha value is -1.33. The van der Waals surface area contributed by atoms with Crippen molar-refractivity contribution in [2.45, 2.75) is 50.4 Å². The highest BCUT2D eigenvalue weighted by molar-refractivity contribution is 7.98. The lowest BCUT2D eigenvalue weighted by Crippen LogP contribution is -2.21. The Morgan fingerprint density at radius 1 is 1.25 bits per heavy atom. The van der Waals surface area contributed by atoms with Crippen LogP contribution in [0.2, 0.25) is 0 Å². The maximum absolute atomic E-state index is 5.09. The number of nitrogens with zero attached hydrogens (tertiary/aromatic N) is 2. The fraction of sp³-hybridized carbons (Fsp3) is 0.467. The lowest BCUT2D eigenvalue weighted by atomic mass is 10.2. The molecule has 108 valence electrons. The molecule has 0 amide bonds. The quantitative estimate of drug-likeness (QED) is 0.792. The monoisotopic (exact) mass is 291 g/mol. The molecule has 0 fully saturated rings. The fourth-order valence-electron chi connectivity index (χ4n) is 1.67. The van der Waals surface area contributed by atoms with Crippen molar-refractivity contribution in [1.29, 1.82) is 0 Å². The van der Waals surface area contributed by atoms with Gasteiger partial charge < -0.3 is 9.84 Å². The molecule has 0 aliphatic heterocycles. The first-order valence-electron chi connectivity index (χ1n) is 6.94. The van der Waals surface area contributed by atoms with E-state index >= 15 is 0 Å². The number of nitrogens with one attached hydrogen (secondary N) is 1. The first kappa shape index (κ1) is 15.1. The van der Waals surface area contributed by atoms with Crippen molar-refractivity contribution in [1.82, 2.24) is 15.5 Å². The molecule has 2 rings (SSSR count). The molecule has 0 saturated heterocycles. The number of aromatic nitrogens is 2. The lowest BCUT2D eigenvalue weighted by Gasteiger charge is -2.08. The van der Waals surface area contributed by atoms with Gasteiger partial charge in [-0.15, -0.1) is 11.8 Å². The second-order valence-corrected chi connectivity index (χ2v) is 5.97. The van der Waals surface area contributed by atoms with Crippen LogP contribution in [0.5, 0.6) is 0 Å². The van der Waals surface area contributed by atoms with Gasteiger partial charge in [0.2, 0.25) is 5.89 Å². The van der Waals surface area contributed by atoms with E-state index in [1.807, 2.05) is 6.92 Å². The average molecular weight is 291 g/mol. The molecule has 0 aliphatic rings. The minimum Gasteiger partial charge on any atom is -0.339 e. The van der Waals surface area contributed by atoms with Gasteiger partial charge in [-0.25, -0.2) is 0 Å². The summed E-state index contributed by atoms with van der Waals surface area (Å²) in [5.74, 6) is 2.21. The first-order valence-corrected chi connectivity index (χ1v) is 7.92. The Morgan fingerprint density at radius 2 is 2.00 bits per heavy atom. The van der Waals surface area contributed by atoms with Crippen LogP contribution in [0.15, 0.2) is 33.7 Å². The maximum atomic E-state index is 5.09. The van der Waals surface area contributed by atoms with Gasteiger partial charge in [-0.1, -0.05) is 38.1 Å². The summed E-state index contributed by atoms with van der Waals surface area (Å²) in [6, 6.07) is 9.11. The van der Waals surface area contributed by atoms with Crippen LogP contribution in [0.25, 0.3) is 0 Å². The normalized spacial score (nSPS) is 11.2. The van der Waals surface area contributed by atoms with Crippen molar-refractivity contribution >= 4 is 11.8 Å². The van der Waals surface area contributed by atoms with Crippen LogP contribution in [-0.2, 0) is 18.7 Å².